The van der Waals surface area contributed by atoms with Crippen molar-refractivity contribution in [1.82, 2.24) is 15.5 Å². The Bertz CT molecular complexity index is 534. The number of rotatable bonds is 6. The summed E-state index contributed by atoms with van der Waals surface area (Å²) in [5, 5.41) is 7.34. The lowest BCUT2D eigenvalue weighted by Gasteiger charge is -1.97. The van der Waals surface area contributed by atoms with Crippen molar-refractivity contribution in [3.05, 3.63) is 47.4 Å². The van der Waals surface area contributed by atoms with E-state index in [1.54, 1.807) is 12.1 Å². The summed E-state index contributed by atoms with van der Waals surface area (Å²) in [5.74, 6) is 1.07. The number of hydrogen-bond donors (Lipinski definition) is 1. The first-order chi connectivity index (χ1) is 9.29. The Morgan fingerprint density at radius 3 is 2.79 bits per heavy atom. The summed E-state index contributed by atoms with van der Waals surface area (Å²) in [7, 11) is 0. The highest BCUT2D eigenvalue weighted by Gasteiger charge is 2.20. The average Bonchev–Trinajstić information content (AvgIpc) is 3.12. The Balaban J connectivity index is 1.53. The molecule has 0 aliphatic heterocycles. The van der Waals surface area contributed by atoms with Gasteiger partial charge in [-0.2, -0.15) is 4.98 Å². The summed E-state index contributed by atoms with van der Waals surface area (Å²) >= 11 is 0. The molecule has 1 aromatic heterocycles. The van der Waals surface area contributed by atoms with E-state index in [0.717, 1.165) is 18.5 Å². The summed E-state index contributed by atoms with van der Waals surface area (Å²) in [6.45, 7) is 0.878. The van der Waals surface area contributed by atoms with Crippen LogP contribution >= 0.6 is 0 Å². The van der Waals surface area contributed by atoms with E-state index >= 15 is 0 Å². The number of nitrogens with zero attached hydrogens (tertiary/aromatic N) is 2. The maximum atomic E-state index is 12.8. The second kappa shape index (κ2) is 5.48. The normalized spacial score (nSPS) is 14.8. The number of halogens is 1. The number of aromatic nitrogens is 2. The Morgan fingerprint density at radius 1 is 1.26 bits per heavy atom. The molecule has 0 amide bonds. The SMILES string of the molecule is Fc1ccc(Cc2noc(CCNC3CC3)n2)cc1. The Labute approximate surface area is 111 Å². The van der Waals surface area contributed by atoms with Gasteiger partial charge < -0.3 is 9.84 Å². The van der Waals surface area contributed by atoms with Crippen molar-refractivity contribution < 1.29 is 8.91 Å². The van der Waals surface area contributed by atoms with E-state index < -0.39 is 0 Å². The summed E-state index contributed by atoms with van der Waals surface area (Å²) in [5.41, 5.74) is 0.977. The first-order valence-electron chi connectivity index (χ1n) is 6.59. The van der Waals surface area contributed by atoms with Crippen LogP contribution in [0.4, 0.5) is 4.39 Å². The smallest absolute Gasteiger partial charge is 0.227 e. The molecule has 1 aromatic carbocycles. The molecule has 0 unspecified atom stereocenters. The van der Waals surface area contributed by atoms with Crippen LogP contribution in [0, 0.1) is 5.82 Å². The van der Waals surface area contributed by atoms with Gasteiger partial charge in [-0.1, -0.05) is 17.3 Å². The van der Waals surface area contributed by atoms with Gasteiger partial charge in [0.15, 0.2) is 5.82 Å². The third-order valence-electron chi connectivity index (χ3n) is 3.13. The lowest BCUT2D eigenvalue weighted by Crippen LogP contribution is -2.19. The highest BCUT2D eigenvalue weighted by Crippen LogP contribution is 2.18. The molecule has 19 heavy (non-hydrogen) atoms. The van der Waals surface area contributed by atoms with Crippen LogP contribution in [-0.4, -0.2) is 22.7 Å². The van der Waals surface area contributed by atoms with Crippen LogP contribution in [0.15, 0.2) is 28.8 Å². The van der Waals surface area contributed by atoms with Gasteiger partial charge in [-0.25, -0.2) is 4.39 Å². The van der Waals surface area contributed by atoms with E-state index in [4.69, 9.17) is 4.52 Å². The predicted octanol–water partition coefficient (Wildman–Crippen LogP) is 2.09. The maximum Gasteiger partial charge on any atom is 0.227 e. The quantitative estimate of drug-likeness (QED) is 0.865. The van der Waals surface area contributed by atoms with Gasteiger partial charge in [-0.3, -0.25) is 0 Å². The molecule has 2 aromatic rings. The van der Waals surface area contributed by atoms with Crippen molar-refractivity contribution in [2.45, 2.75) is 31.7 Å². The fourth-order valence-electron chi connectivity index (χ4n) is 1.92. The second-order valence-corrected chi connectivity index (χ2v) is 4.89. The lowest BCUT2D eigenvalue weighted by molar-refractivity contribution is 0.371. The molecule has 0 radical (unpaired) electrons. The van der Waals surface area contributed by atoms with E-state index in [9.17, 15) is 4.39 Å². The molecule has 0 atom stereocenters. The van der Waals surface area contributed by atoms with Crippen LogP contribution in [-0.2, 0) is 12.8 Å². The first-order valence-corrected chi connectivity index (χ1v) is 6.59. The molecule has 1 heterocycles. The van der Waals surface area contributed by atoms with Crippen molar-refractivity contribution >= 4 is 0 Å². The molecule has 1 saturated carbocycles. The summed E-state index contributed by atoms with van der Waals surface area (Å²) in [6, 6.07) is 7.05. The van der Waals surface area contributed by atoms with Crippen molar-refractivity contribution in [3.8, 4) is 0 Å². The third-order valence-corrected chi connectivity index (χ3v) is 3.13. The minimum Gasteiger partial charge on any atom is -0.339 e. The molecule has 0 spiro atoms. The molecule has 1 aliphatic carbocycles. The van der Waals surface area contributed by atoms with Gasteiger partial charge in [0.2, 0.25) is 5.89 Å². The number of nitrogens with one attached hydrogen (secondary N) is 1. The molecule has 1 aliphatic rings. The van der Waals surface area contributed by atoms with Crippen LogP contribution in [0.1, 0.15) is 30.1 Å². The minimum absolute atomic E-state index is 0.233. The monoisotopic (exact) mass is 261 g/mol. The lowest BCUT2D eigenvalue weighted by atomic mass is 10.1. The molecule has 0 bridgehead atoms. The van der Waals surface area contributed by atoms with Gasteiger partial charge in [0.25, 0.3) is 0 Å². The zero-order valence-corrected chi connectivity index (χ0v) is 10.6. The van der Waals surface area contributed by atoms with E-state index in [2.05, 4.69) is 15.5 Å². The molecule has 1 fully saturated rings. The second-order valence-electron chi connectivity index (χ2n) is 4.89. The molecular weight excluding hydrogens is 245 g/mol. The van der Waals surface area contributed by atoms with Crippen LogP contribution in [0.2, 0.25) is 0 Å². The maximum absolute atomic E-state index is 12.8. The minimum atomic E-state index is -0.233. The molecule has 0 saturated heterocycles. The zero-order valence-electron chi connectivity index (χ0n) is 10.6. The van der Waals surface area contributed by atoms with Gasteiger partial charge in [0.1, 0.15) is 5.82 Å². The van der Waals surface area contributed by atoms with Crippen molar-refractivity contribution in [2.24, 2.45) is 0 Å². The van der Waals surface area contributed by atoms with Crippen LogP contribution in [0.3, 0.4) is 0 Å². The standard InChI is InChI=1S/C14H16FN3O/c15-11-3-1-10(2-4-11)9-13-17-14(19-18-13)7-8-16-12-5-6-12/h1-4,12,16H,5-9H2. The fourth-order valence-corrected chi connectivity index (χ4v) is 1.92. The molecular formula is C14H16FN3O. The van der Waals surface area contributed by atoms with Crippen LogP contribution in [0.25, 0.3) is 0 Å². The molecule has 4 nitrogen and oxygen atoms in total. The van der Waals surface area contributed by atoms with Crippen molar-refractivity contribution in [2.75, 3.05) is 6.54 Å². The van der Waals surface area contributed by atoms with E-state index in [0.29, 0.717) is 24.2 Å². The Morgan fingerprint density at radius 2 is 2.05 bits per heavy atom. The summed E-state index contributed by atoms with van der Waals surface area (Å²) < 4.78 is 18.0. The summed E-state index contributed by atoms with van der Waals surface area (Å²) in [6.07, 6.45) is 3.88. The number of hydrogen-bond acceptors (Lipinski definition) is 4. The average molecular weight is 261 g/mol. The largest absolute Gasteiger partial charge is 0.339 e. The number of benzene rings is 1. The Hall–Kier alpha value is -1.75. The Kier molecular flexibility index (Phi) is 3.55. The van der Waals surface area contributed by atoms with E-state index in [1.807, 2.05) is 0 Å². The van der Waals surface area contributed by atoms with E-state index in [-0.39, 0.29) is 5.82 Å². The van der Waals surface area contributed by atoms with Gasteiger partial charge in [-0.05, 0) is 30.5 Å². The van der Waals surface area contributed by atoms with Gasteiger partial charge in [0, 0.05) is 25.4 Å². The third kappa shape index (κ3) is 3.61. The highest BCUT2D eigenvalue weighted by molar-refractivity contribution is 5.19. The first kappa shape index (κ1) is 12.3. The molecule has 1 N–H and O–H groups in total. The molecule has 100 valence electrons. The topological polar surface area (TPSA) is 51.0 Å². The fraction of sp³-hybridized carbons (Fsp3) is 0.429. The van der Waals surface area contributed by atoms with Crippen LogP contribution < -0.4 is 5.32 Å². The molecule has 5 heteroatoms. The molecule has 3 rings (SSSR count). The van der Waals surface area contributed by atoms with Gasteiger partial charge in [0.05, 0.1) is 0 Å². The highest BCUT2D eigenvalue weighted by atomic mass is 19.1. The summed E-state index contributed by atoms with van der Waals surface area (Å²) in [4.78, 5) is 4.33. The van der Waals surface area contributed by atoms with Gasteiger partial charge in [-0.15, -0.1) is 0 Å². The van der Waals surface area contributed by atoms with Gasteiger partial charge >= 0.3 is 0 Å². The van der Waals surface area contributed by atoms with Crippen molar-refractivity contribution in [3.63, 3.8) is 0 Å². The zero-order chi connectivity index (χ0) is 13.1. The van der Waals surface area contributed by atoms with Crippen molar-refractivity contribution in [1.29, 1.82) is 0 Å². The predicted molar refractivity (Wildman–Crippen MR) is 68.2 cm³/mol. The van der Waals surface area contributed by atoms with Crippen LogP contribution in [0.5, 0.6) is 0 Å². The van der Waals surface area contributed by atoms with E-state index in [1.165, 1.54) is 25.0 Å².